The number of hydrogen-bond donors (Lipinski definition) is 2. The number of H-pyrrole nitrogens is 1. The van der Waals surface area contributed by atoms with Crippen LogP contribution in [0.2, 0.25) is 0 Å². The SMILES string of the molecule is N#Cc1c(-c2ccccc2)nc(NN=Cc2cccc(OCc3ccccc3Br)c2)[nH]c1=O. The van der Waals surface area contributed by atoms with Crippen LogP contribution in [-0.2, 0) is 6.61 Å². The van der Waals surface area contributed by atoms with Gasteiger partial charge in [0.15, 0.2) is 0 Å². The van der Waals surface area contributed by atoms with Crippen LogP contribution in [-0.4, -0.2) is 16.2 Å². The van der Waals surface area contributed by atoms with E-state index < -0.39 is 5.56 Å². The van der Waals surface area contributed by atoms with Crippen molar-refractivity contribution in [2.75, 3.05) is 5.43 Å². The maximum Gasteiger partial charge on any atom is 0.270 e. The van der Waals surface area contributed by atoms with Crippen molar-refractivity contribution < 1.29 is 4.74 Å². The number of ether oxygens (including phenoxy) is 1. The maximum atomic E-state index is 12.3. The molecule has 0 unspecified atom stereocenters. The van der Waals surface area contributed by atoms with E-state index in [2.05, 4.69) is 36.4 Å². The molecule has 1 heterocycles. The highest BCUT2D eigenvalue weighted by molar-refractivity contribution is 9.10. The van der Waals surface area contributed by atoms with Crippen LogP contribution in [0.4, 0.5) is 5.95 Å². The van der Waals surface area contributed by atoms with Gasteiger partial charge in [-0.05, 0) is 23.8 Å². The van der Waals surface area contributed by atoms with E-state index in [1.54, 1.807) is 18.3 Å². The first-order valence-corrected chi connectivity index (χ1v) is 10.8. The normalized spacial score (nSPS) is 10.7. The third kappa shape index (κ3) is 5.53. The number of nitrogens with one attached hydrogen (secondary N) is 2. The van der Waals surface area contributed by atoms with Crippen molar-refractivity contribution in [3.05, 3.63) is 110 Å². The molecule has 0 aliphatic heterocycles. The number of hydrazone groups is 1. The summed E-state index contributed by atoms with van der Waals surface area (Å²) in [6.07, 6.45) is 1.59. The Kier molecular flexibility index (Phi) is 6.93. The molecule has 0 bridgehead atoms. The maximum absolute atomic E-state index is 12.3. The zero-order chi connectivity index (χ0) is 23.0. The standard InChI is InChI=1S/C25H18BrN5O2/c26-22-12-5-4-10-19(22)16-33-20-11-6-7-17(13-20)15-28-31-25-29-23(18-8-2-1-3-9-18)21(14-27)24(32)30-25/h1-13,15H,16H2,(H2,29,30,31,32). The van der Waals surface area contributed by atoms with Gasteiger partial charge < -0.3 is 4.74 Å². The molecule has 4 aromatic rings. The van der Waals surface area contributed by atoms with Gasteiger partial charge in [0, 0.05) is 15.6 Å². The van der Waals surface area contributed by atoms with E-state index >= 15 is 0 Å². The van der Waals surface area contributed by atoms with Gasteiger partial charge >= 0.3 is 0 Å². The van der Waals surface area contributed by atoms with Gasteiger partial charge in [-0.2, -0.15) is 10.4 Å². The predicted octanol–water partition coefficient (Wildman–Crippen LogP) is 5.10. The molecule has 4 rings (SSSR count). The van der Waals surface area contributed by atoms with Crippen LogP contribution in [0, 0.1) is 11.3 Å². The first-order chi connectivity index (χ1) is 16.1. The molecule has 0 saturated carbocycles. The van der Waals surface area contributed by atoms with Crippen molar-refractivity contribution in [3.8, 4) is 23.1 Å². The van der Waals surface area contributed by atoms with Crippen LogP contribution in [0.15, 0.2) is 93.2 Å². The summed E-state index contributed by atoms with van der Waals surface area (Å²) in [6.45, 7) is 0.429. The largest absolute Gasteiger partial charge is 0.489 e. The third-order valence-corrected chi connectivity index (χ3v) is 5.45. The van der Waals surface area contributed by atoms with Crippen molar-refractivity contribution in [1.82, 2.24) is 9.97 Å². The Bertz CT molecular complexity index is 1390. The summed E-state index contributed by atoms with van der Waals surface area (Å²) < 4.78 is 6.87. The van der Waals surface area contributed by atoms with Gasteiger partial charge in [0.25, 0.3) is 5.56 Å². The molecule has 0 amide bonds. The number of aromatic nitrogens is 2. The molecule has 0 saturated heterocycles. The number of hydrogen-bond acceptors (Lipinski definition) is 6. The molecule has 0 aliphatic carbocycles. The van der Waals surface area contributed by atoms with E-state index in [1.807, 2.05) is 72.8 Å². The number of halogens is 1. The lowest BCUT2D eigenvalue weighted by atomic mass is 10.1. The minimum absolute atomic E-state index is 0.0503. The highest BCUT2D eigenvalue weighted by Gasteiger charge is 2.12. The summed E-state index contributed by atoms with van der Waals surface area (Å²) in [5.74, 6) is 0.835. The van der Waals surface area contributed by atoms with E-state index in [0.29, 0.717) is 23.6 Å². The molecule has 1 aromatic heterocycles. The Labute approximate surface area is 198 Å². The van der Waals surface area contributed by atoms with E-state index in [9.17, 15) is 10.1 Å². The number of anilines is 1. The number of nitriles is 1. The van der Waals surface area contributed by atoms with E-state index in [0.717, 1.165) is 15.6 Å². The second-order valence-corrected chi connectivity index (χ2v) is 7.79. The lowest BCUT2D eigenvalue weighted by Gasteiger charge is -2.08. The van der Waals surface area contributed by atoms with Crippen LogP contribution in [0.1, 0.15) is 16.7 Å². The summed E-state index contributed by atoms with van der Waals surface area (Å²) in [6, 6.07) is 26.3. The Hall–Kier alpha value is -4.22. The highest BCUT2D eigenvalue weighted by atomic mass is 79.9. The number of nitrogens with zero attached hydrogens (tertiary/aromatic N) is 3. The Morgan fingerprint density at radius 3 is 2.67 bits per heavy atom. The van der Waals surface area contributed by atoms with Gasteiger partial charge in [0.05, 0.1) is 11.9 Å². The minimum Gasteiger partial charge on any atom is -0.489 e. The fourth-order valence-electron chi connectivity index (χ4n) is 3.06. The fourth-order valence-corrected chi connectivity index (χ4v) is 3.46. The molecule has 7 nitrogen and oxygen atoms in total. The minimum atomic E-state index is -0.536. The monoisotopic (exact) mass is 499 g/mol. The van der Waals surface area contributed by atoms with Crippen LogP contribution in [0.25, 0.3) is 11.3 Å². The molecule has 0 aliphatic rings. The fraction of sp³-hybridized carbons (Fsp3) is 0.0400. The van der Waals surface area contributed by atoms with E-state index in [4.69, 9.17) is 4.74 Å². The highest BCUT2D eigenvalue weighted by Crippen LogP contribution is 2.21. The summed E-state index contributed by atoms with van der Waals surface area (Å²) in [7, 11) is 0. The van der Waals surface area contributed by atoms with Crippen molar-refractivity contribution in [2.45, 2.75) is 6.61 Å². The van der Waals surface area contributed by atoms with Gasteiger partial charge in [-0.15, -0.1) is 0 Å². The zero-order valence-corrected chi connectivity index (χ0v) is 18.9. The molecule has 0 atom stereocenters. The van der Waals surface area contributed by atoms with Gasteiger partial charge in [-0.25, -0.2) is 10.4 Å². The van der Waals surface area contributed by atoms with Gasteiger partial charge in [-0.3, -0.25) is 9.78 Å². The zero-order valence-electron chi connectivity index (χ0n) is 17.3. The first kappa shape index (κ1) is 22.0. The van der Waals surface area contributed by atoms with Crippen LogP contribution in [0.5, 0.6) is 5.75 Å². The van der Waals surface area contributed by atoms with Crippen LogP contribution in [0.3, 0.4) is 0 Å². The second-order valence-electron chi connectivity index (χ2n) is 6.94. The number of benzene rings is 3. The average Bonchev–Trinajstić information content (AvgIpc) is 2.84. The topological polar surface area (TPSA) is 103 Å². The van der Waals surface area contributed by atoms with Crippen molar-refractivity contribution >= 4 is 28.1 Å². The molecule has 0 fully saturated rings. The summed E-state index contributed by atoms with van der Waals surface area (Å²) in [5.41, 5.74) is 4.95. The smallest absolute Gasteiger partial charge is 0.270 e. The molecule has 0 spiro atoms. The second kappa shape index (κ2) is 10.4. The lowest BCUT2D eigenvalue weighted by Crippen LogP contribution is -2.16. The molecule has 0 radical (unpaired) electrons. The third-order valence-electron chi connectivity index (χ3n) is 4.67. The quantitative estimate of drug-likeness (QED) is 0.272. The van der Waals surface area contributed by atoms with Crippen molar-refractivity contribution in [3.63, 3.8) is 0 Å². The predicted molar refractivity (Wildman–Crippen MR) is 131 cm³/mol. The summed E-state index contributed by atoms with van der Waals surface area (Å²) in [5, 5.41) is 13.5. The summed E-state index contributed by atoms with van der Waals surface area (Å²) in [4.78, 5) is 19.2. The van der Waals surface area contributed by atoms with E-state index in [-0.39, 0.29) is 11.5 Å². The van der Waals surface area contributed by atoms with Gasteiger partial charge in [0.2, 0.25) is 5.95 Å². The molecule has 3 aromatic carbocycles. The molecule has 8 heteroatoms. The van der Waals surface area contributed by atoms with Crippen molar-refractivity contribution in [2.24, 2.45) is 5.10 Å². The Balaban J connectivity index is 1.48. The first-order valence-electron chi connectivity index (χ1n) is 9.99. The number of rotatable bonds is 7. The summed E-state index contributed by atoms with van der Waals surface area (Å²) >= 11 is 3.52. The Morgan fingerprint density at radius 1 is 1.09 bits per heavy atom. The lowest BCUT2D eigenvalue weighted by molar-refractivity contribution is 0.305. The average molecular weight is 500 g/mol. The molecule has 162 valence electrons. The molecule has 2 N–H and O–H groups in total. The van der Waals surface area contributed by atoms with Gasteiger partial charge in [0.1, 0.15) is 24.0 Å². The van der Waals surface area contributed by atoms with Gasteiger partial charge in [-0.1, -0.05) is 76.6 Å². The van der Waals surface area contributed by atoms with Crippen molar-refractivity contribution in [1.29, 1.82) is 5.26 Å². The number of aromatic amines is 1. The van der Waals surface area contributed by atoms with Crippen LogP contribution < -0.4 is 15.7 Å². The molecular weight excluding hydrogens is 482 g/mol. The van der Waals surface area contributed by atoms with E-state index in [1.165, 1.54) is 0 Å². The van der Waals surface area contributed by atoms with Crippen LogP contribution >= 0.6 is 15.9 Å². The molecular formula is C25H18BrN5O2. The Morgan fingerprint density at radius 2 is 1.88 bits per heavy atom. The molecule has 33 heavy (non-hydrogen) atoms.